The van der Waals surface area contributed by atoms with Crippen LogP contribution in [0.1, 0.15) is 71.8 Å². The van der Waals surface area contributed by atoms with Crippen molar-refractivity contribution in [2.45, 2.75) is 52.6 Å². The van der Waals surface area contributed by atoms with Crippen LogP contribution >= 0.6 is 0 Å². The molecule has 0 bridgehead atoms. The van der Waals surface area contributed by atoms with E-state index in [0.29, 0.717) is 17.1 Å². The van der Waals surface area contributed by atoms with Gasteiger partial charge in [-0.15, -0.1) is 0 Å². The molecule has 2 heterocycles. The van der Waals surface area contributed by atoms with Gasteiger partial charge < -0.3 is 19.7 Å². The van der Waals surface area contributed by atoms with Crippen LogP contribution in [0.2, 0.25) is 0 Å². The number of rotatable bonds is 8. The summed E-state index contributed by atoms with van der Waals surface area (Å²) in [4.78, 5) is 15.6. The summed E-state index contributed by atoms with van der Waals surface area (Å²) in [6.45, 7) is 10.7. The van der Waals surface area contributed by atoms with Crippen molar-refractivity contribution in [3.63, 3.8) is 0 Å². The van der Waals surface area contributed by atoms with E-state index in [2.05, 4.69) is 56.1 Å². The maximum Gasteiger partial charge on any atom is 0.340 e. The number of fused-ring (bicyclic) bond motifs is 6. The Hall–Kier alpha value is -4.25. The Labute approximate surface area is 236 Å². The first-order valence-electron chi connectivity index (χ1n) is 14.4. The van der Waals surface area contributed by atoms with E-state index in [1.54, 1.807) is 0 Å². The van der Waals surface area contributed by atoms with Gasteiger partial charge in [0.05, 0.1) is 5.56 Å². The lowest BCUT2D eigenvalue weighted by atomic mass is 9.77. The largest absolute Gasteiger partial charge is 0.456 e. The number of unbranched alkanes of at least 4 members (excludes halogenated alkanes) is 1. The van der Waals surface area contributed by atoms with E-state index in [4.69, 9.17) is 9.47 Å². The topological polar surface area (TPSA) is 50.8 Å². The van der Waals surface area contributed by atoms with Crippen LogP contribution in [-0.4, -0.2) is 19.1 Å². The van der Waals surface area contributed by atoms with Crippen LogP contribution in [0.4, 0.5) is 17.1 Å². The fraction of sp³-hybridized carbons (Fsp3) is 0.286. The number of benzene rings is 4. The molecule has 0 aliphatic carbocycles. The summed E-state index contributed by atoms with van der Waals surface area (Å²) in [6, 6.07) is 26.2. The molecule has 2 aliphatic heterocycles. The average Bonchev–Trinajstić information content (AvgIpc) is 3.27. The van der Waals surface area contributed by atoms with Crippen LogP contribution in [0, 0.1) is 6.92 Å². The zero-order valence-corrected chi connectivity index (χ0v) is 23.7. The lowest BCUT2D eigenvalue weighted by Gasteiger charge is -2.36. The fourth-order valence-corrected chi connectivity index (χ4v) is 6.17. The van der Waals surface area contributed by atoms with Gasteiger partial charge in [0.25, 0.3) is 0 Å². The standard InChI is InChI=1S/C35H36N2O3/c1-5-8-13-24-20-23(4)30(22-31(24)37(6-2)7-3)36-25-18-19-33-29(21-25)35(28-16-11-12-17-32(28)39-33)27-15-10-9-14-26(27)34(38)40-35/h9-12,14-22,36H,5-8,13H2,1-4H3. The van der Waals surface area contributed by atoms with Crippen LogP contribution in [0.3, 0.4) is 0 Å². The normalized spacial score (nSPS) is 16.6. The van der Waals surface area contributed by atoms with Gasteiger partial charge in [-0.1, -0.05) is 55.8 Å². The summed E-state index contributed by atoms with van der Waals surface area (Å²) < 4.78 is 12.7. The van der Waals surface area contributed by atoms with Gasteiger partial charge in [-0.05, 0) is 81.1 Å². The van der Waals surface area contributed by atoms with E-state index < -0.39 is 5.60 Å². The maximum atomic E-state index is 13.2. The lowest BCUT2D eigenvalue weighted by molar-refractivity contribution is 0.0224. The molecule has 0 saturated carbocycles. The second kappa shape index (κ2) is 10.4. The molecule has 40 heavy (non-hydrogen) atoms. The first-order chi connectivity index (χ1) is 19.5. The van der Waals surface area contributed by atoms with Crippen molar-refractivity contribution in [1.29, 1.82) is 0 Å². The summed E-state index contributed by atoms with van der Waals surface area (Å²) in [7, 11) is 0. The Kier molecular flexibility index (Phi) is 6.75. The first kappa shape index (κ1) is 26.0. The molecule has 2 aliphatic rings. The zero-order valence-electron chi connectivity index (χ0n) is 23.7. The highest BCUT2D eigenvalue weighted by Crippen LogP contribution is 2.56. The first-order valence-corrected chi connectivity index (χ1v) is 14.4. The third-order valence-corrected chi connectivity index (χ3v) is 8.23. The van der Waals surface area contributed by atoms with E-state index in [1.165, 1.54) is 29.7 Å². The number of esters is 1. The Morgan fingerprint density at radius 3 is 2.33 bits per heavy atom. The van der Waals surface area contributed by atoms with Gasteiger partial charge in [0, 0.05) is 46.8 Å². The highest BCUT2D eigenvalue weighted by Gasteiger charge is 2.53. The molecule has 204 valence electrons. The maximum absolute atomic E-state index is 13.2. The van der Waals surface area contributed by atoms with E-state index in [-0.39, 0.29) is 5.97 Å². The predicted molar refractivity (Wildman–Crippen MR) is 161 cm³/mol. The van der Waals surface area contributed by atoms with Crippen molar-refractivity contribution >= 4 is 23.0 Å². The van der Waals surface area contributed by atoms with Gasteiger partial charge in [0.15, 0.2) is 5.60 Å². The smallest absolute Gasteiger partial charge is 0.340 e. The minimum Gasteiger partial charge on any atom is -0.456 e. The molecular formula is C35H36N2O3. The summed E-state index contributed by atoms with van der Waals surface area (Å²) in [6.07, 6.45) is 3.42. The molecule has 0 saturated heterocycles. The van der Waals surface area contributed by atoms with E-state index >= 15 is 0 Å². The number of carbonyl (C=O) groups is 1. The SMILES string of the molecule is CCCCc1cc(C)c(Nc2ccc3c(c2)C2(OC(=O)c4ccccc42)c2ccccc2O3)cc1N(CC)CC. The molecule has 1 atom stereocenters. The number of hydrogen-bond acceptors (Lipinski definition) is 5. The minimum atomic E-state index is -1.07. The molecule has 0 fully saturated rings. The van der Waals surface area contributed by atoms with Crippen LogP contribution in [0.5, 0.6) is 11.5 Å². The zero-order chi connectivity index (χ0) is 27.9. The van der Waals surface area contributed by atoms with Crippen molar-refractivity contribution in [3.05, 3.63) is 112 Å². The number of nitrogens with one attached hydrogen (secondary N) is 1. The highest BCUT2D eigenvalue weighted by molar-refractivity contribution is 5.97. The van der Waals surface area contributed by atoms with Crippen molar-refractivity contribution in [1.82, 2.24) is 0 Å². The molecule has 6 rings (SSSR count). The van der Waals surface area contributed by atoms with Crippen LogP contribution in [-0.2, 0) is 16.8 Å². The number of aryl methyl sites for hydroxylation is 2. The second-order valence-corrected chi connectivity index (χ2v) is 10.6. The van der Waals surface area contributed by atoms with Gasteiger partial charge in [0.1, 0.15) is 11.5 Å². The molecule has 5 nitrogen and oxygen atoms in total. The highest BCUT2D eigenvalue weighted by atomic mass is 16.6. The molecule has 0 amide bonds. The van der Waals surface area contributed by atoms with E-state index in [9.17, 15) is 4.79 Å². The fourth-order valence-electron chi connectivity index (χ4n) is 6.17. The summed E-state index contributed by atoms with van der Waals surface area (Å²) in [5.41, 5.74) is 7.88. The van der Waals surface area contributed by atoms with Crippen LogP contribution < -0.4 is 15.0 Å². The van der Waals surface area contributed by atoms with Crippen LogP contribution in [0.25, 0.3) is 0 Å². The molecule has 0 radical (unpaired) electrons. The number of ether oxygens (including phenoxy) is 2. The van der Waals surface area contributed by atoms with Crippen molar-refractivity contribution in [3.8, 4) is 11.5 Å². The monoisotopic (exact) mass is 532 g/mol. The molecule has 1 spiro atoms. The molecule has 0 aromatic heterocycles. The number of nitrogens with zero attached hydrogens (tertiary/aromatic N) is 1. The van der Waals surface area contributed by atoms with Gasteiger partial charge in [0.2, 0.25) is 0 Å². The Morgan fingerprint density at radius 2 is 1.55 bits per heavy atom. The molecule has 4 aromatic carbocycles. The minimum absolute atomic E-state index is 0.320. The van der Waals surface area contributed by atoms with E-state index in [1.807, 2.05) is 60.7 Å². The number of hydrogen-bond donors (Lipinski definition) is 1. The molecule has 4 aromatic rings. The van der Waals surface area contributed by atoms with Gasteiger partial charge in [-0.25, -0.2) is 4.79 Å². The summed E-state index contributed by atoms with van der Waals surface area (Å²) in [5, 5.41) is 3.69. The Morgan fingerprint density at radius 1 is 0.825 bits per heavy atom. The lowest BCUT2D eigenvalue weighted by Crippen LogP contribution is -2.33. The molecule has 1 unspecified atom stereocenters. The Bertz CT molecular complexity index is 1590. The second-order valence-electron chi connectivity index (χ2n) is 10.6. The van der Waals surface area contributed by atoms with Crippen molar-refractivity contribution < 1.29 is 14.3 Å². The summed E-state index contributed by atoms with van der Waals surface area (Å²) >= 11 is 0. The van der Waals surface area contributed by atoms with E-state index in [0.717, 1.165) is 47.6 Å². The predicted octanol–water partition coefficient (Wildman–Crippen LogP) is 8.50. The third kappa shape index (κ3) is 4.12. The third-order valence-electron chi connectivity index (χ3n) is 8.23. The average molecular weight is 533 g/mol. The van der Waals surface area contributed by atoms with Crippen LogP contribution in [0.15, 0.2) is 78.9 Å². The summed E-state index contributed by atoms with van der Waals surface area (Å²) in [5.74, 6) is 1.06. The number of para-hydroxylation sites is 1. The van der Waals surface area contributed by atoms with Crippen molar-refractivity contribution in [2.75, 3.05) is 23.3 Å². The molecule has 5 heteroatoms. The van der Waals surface area contributed by atoms with Gasteiger partial charge >= 0.3 is 5.97 Å². The van der Waals surface area contributed by atoms with Gasteiger partial charge in [-0.3, -0.25) is 0 Å². The Balaban J connectivity index is 1.46. The van der Waals surface area contributed by atoms with Gasteiger partial charge in [-0.2, -0.15) is 0 Å². The number of carbonyl (C=O) groups excluding carboxylic acids is 1. The molecular weight excluding hydrogens is 496 g/mol. The quantitative estimate of drug-likeness (QED) is 0.231. The number of anilines is 3. The van der Waals surface area contributed by atoms with Crippen molar-refractivity contribution in [2.24, 2.45) is 0 Å². The molecule has 1 N–H and O–H groups in total.